The number of hydrogen-bond donors (Lipinski definition) is 1. The largest absolute Gasteiger partial charge is 0.356 e. The summed E-state index contributed by atoms with van der Waals surface area (Å²) in [6.07, 6.45) is 5.43. The van der Waals surface area contributed by atoms with Crippen molar-refractivity contribution in [3.63, 3.8) is 0 Å². The van der Waals surface area contributed by atoms with Gasteiger partial charge in [0.2, 0.25) is 0 Å². The van der Waals surface area contributed by atoms with Gasteiger partial charge in [-0.25, -0.2) is 0 Å². The summed E-state index contributed by atoms with van der Waals surface area (Å²) >= 11 is 0. The first-order valence-electron chi connectivity index (χ1n) is 10.3. The lowest BCUT2D eigenvalue weighted by molar-refractivity contribution is 0.0284. The second-order valence-electron chi connectivity index (χ2n) is 9.03. The number of nitrogens with zero attached hydrogens (tertiary/aromatic N) is 1. The van der Waals surface area contributed by atoms with Gasteiger partial charge in [-0.3, -0.25) is 4.90 Å². The van der Waals surface area contributed by atoms with Crippen molar-refractivity contribution in [2.24, 2.45) is 11.8 Å². The molecule has 0 radical (unpaired) electrons. The predicted octanol–water partition coefficient (Wildman–Crippen LogP) is 5.36. The van der Waals surface area contributed by atoms with E-state index in [1.165, 1.54) is 50.1 Å². The molecule has 2 fully saturated rings. The Kier molecular flexibility index (Phi) is 3.86. The third-order valence-corrected chi connectivity index (χ3v) is 7.38. The average Bonchev–Trinajstić information content (AvgIpc) is 3.46. The highest BCUT2D eigenvalue weighted by Gasteiger charge is 2.48. The normalized spacial score (nSPS) is 30.7. The average molecular weight is 347 g/mol. The first-order chi connectivity index (χ1) is 12.6. The Morgan fingerprint density at radius 1 is 1.08 bits per heavy atom. The van der Waals surface area contributed by atoms with Crippen LogP contribution in [0.4, 0.5) is 11.4 Å². The van der Waals surface area contributed by atoms with E-state index in [-0.39, 0.29) is 0 Å². The second kappa shape index (κ2) is 6.13. The Balaban J connectivity index is 1.45. The summed E-state index contributed by atoms with van der Waals surface area (Å²) in [4.78, 5) is 2.82. The fourth-order valence-electron chi connectivity index (χ4n) is 5.33. The van der Waals surface area contributed by atoms with Gasteiger partial charge in [-0.2, -0.15) is 0 Å². The maximum Gasteiger partial charge on any atom is 0.0387 e. The summed E-state index contributed by atoms with van der Waals surface area (Å²) in [6, 6.07) is 18.3. The molecule has 1 N–H and O–H groups in total. The SMILES string of the molecule is C[C@H]1C2Cc3ccc(Nc4ccccc4)cc3[C@]1(C)CCN2CC1CC1. The molecule has 2 nitrogen and oxygen atoms in total. The van der Waals surface area contributed by atoms with Crippen molar-refractivity contribution in [3.05, 3.63) is 59.7 Å². The molecule has 2 heteroatoms. The lowest BCUT2D eigenvalue weighted by Crippen LogP contribution is -2.58. The standard InChI is InChI=1S/C24H30N2/c1-17-23-14-19-10-11-21(25-20-6-4-3-5-7-20)15-22(19)24(17,2)12-13-26(23)16-18-8-9-18/h3-7,10-11,15,17-18,23,25H,8-9,12-14,16H2,1-2H3/t17-,23?,24+/m0/s1. The van der Waals surface area contributed by atoms with Crippen LogP contribution in [0.2, 0.25) is 0 Å². The van der Waals surface area contributed by atoms with Crippen molar-refractivity contribution in [2.75, 3.05) is 18.4 Å². The Morgan fingerprint density at radius 2 is 1.88 bits per heavy atom. The van der Waals surface area contributed by atoms with Crippen molar-refractivity contribution in [3.8, 4) is 0 Å². The zero-order valence-corrected chi connectivity index (χ0v) is 16.0. The number of para-hydroxylation sites is 1. The van der Waals surface area contributed by atoms with Crippen molar-refractivity contribution in [1.29, 1.82) is 0 Å². The van der Waals surface area contributed by atoms with Crippen LogP contribution in [0, 0.1) is 11.8 Å². The molecule has 2 aromatic carbocycles. The molecule has 2 bridgehead atoms. The number of piperidine rings is 1. The van der Waals surface area contributed by atoms with E-state index < -0.39 is 0 Å². The minimum absolute atomic E-state index is 0.312. The van der Waals surface area contributed by atoms with Crippen LogP contribution >= 0.6 is 0 Å². The molecular formula is C24H30N2. The summed E-state index contributed by atoms with van der Waals surface area (Å²) in [5.41, 5.74) is 5.87. The first-order valence-corrected chi connectivity index (χ1v) is 10.3. The van der Waals surface area contributed by atoms with Crippen molar-refractivity contribution < 1.29 is 0 Å². The summed E-state index contributed by atoms with van der Waals surface area (Å²) in [5.74, 6) is 1.72. The Hall–Kier alpha value is -1.80. The monoisotopic (exact) mass is 346 g/mol. The molecule has 26 heavy (non-hydrogen) atoms. The smallest absolute Gasteiger partial charge is 0.0387 e. The topological polar surface area (TPSA) is 15.3 Å². The van der Waals surface area contributed by atoms with Gasteiger partial charge in [0, 0.05) is 24.0 Å². The molecular weight excluding hydrogens is 316 g/mol. The third-order valence-electron chi connectivity index (χ3n) is 7.38. The molecule has 1 unspecified atom stereocenters. The van der Waals surface area contributed by atoms with E-state index in [0.717, 1.165) is 17.9 Å². The molecule has 0 amide bonds. The second-order valence-corrected chi connectivity index (χ2v) is 9.03. The minimum atomic E-state index is 0.312. The molecule has 1 saturated carbocycles. The van der Waals surface area contributed by atoms with Gasteiger partial charge >= 0.3 is 0 Å². The number of fused-ring (bicyclic) bond motifs is 4. The van der Waals surface area contributed by atoms with Gasteiger partial charge in [0.25, 0.3) is 0 Å². The van der Waals surface area contributed by atoms with Crippen LogP contribution < -0.4 is 5.32 Å². The lowest BCUT2D eigenvalue weighted by Gasteiger charge is -2.55. The third kappa shape index (κ3) is 2.75. The molecule has 3 atom stereocenters. The highest BCUT2D eigenvalue weighted by molar-refractivity contribution is 5.62. The number of nitrogens with one attached hydrogen (secondary N) is 1. The van der Waals surface area contributed by atoms with Crippen LogP contribution in [0.15, 0.2) is 48.5 Å². The fourth-order valence-corrected chi connectivity index (χ4v) is 5.33. The van der Waals surface area contributed by atoms with Crippen LogP contribution in [0.1, 0.15) is 44.2 Å². The predicted molar refractivity (Wildman–Crippen MR) is 109 cm³/mol. The van der Waals surface area contributed by atoms with Gasteiger partial charge in [-0.05, 0) is 84.9 Å². The van der Waals surface area contributed by atoms with Gasteiger partial charge in [-0.15, -0.1) is 0 Å². The maximum absolute atomic E-state index is 3.59. The van der Waals surface area contributed by atoms with E-state index in [1.54, 1.807) is 11.1 Å². The zero-order valence-electron chi connectivity index (χ0n) is 16.0. The van der Waals surface area contributed by atoms with Crippen LogP contribution in [-0.4, -0.2) is 24.0 Å². The molecule has 2 aromatic rings. The molecule has 1 aliphatic heterocycles. The number of rotatable bonds is 4. The highest BCUT2D eigenvalue weighted by atomic mass is 15.2. The molecule has 5 rings (SSSR count). The van der Waals surface area contributed by atoms with Crippen LogP contribution in [0.3, 0.4) is 0 Å². The van der Waals surface area contributed by atoms with Crippen molar-refractivity contribution >= 4 is 11.4 Å². The van der Waals surface area contributed by atoms with E-state index in [4.69, 9.17) is 0 Å². The van der Waals surface area contributed by atoms with Crippen molar-refractivity contribution in [2.45, 2.75) is 51.0 Å². The highest BCUT2D eigenvalue weighted by Crippen LogP contribution is 2.50. The van der Waals surface area contributed by atoms with Crippen LogP contribution in [-0.2, 0) is 11.8 Å². The van der Waals surface area contributed by atoms with Crippen LogP contribution in [0.25, 0.3) is 0 Å². The summed E-state index contributed by atoms with van der Waals surface area (Å²) in [7, 11) is 0. The van der Waals surface area contributed by atoms with Crippen molar-refractivity contribution in [1.82, 2.24) is 4.90 Å². The van der Waals surface area contributed by atoms with Gasteiger partial charge in [-0.1, -0.05) is 38.1 Å². The van der Waals surface area contributed by atoms with Crippen LogP contribution in [0.5, 0.6) is 0 Å². The Morgan fingerprint density at radius 3 is 2.65 bits per heavy atom. The Bertz CT molecular complexity index is 795. The summed E-state index contributed by atoms with van der Waals surface area (Å²) < 4.78 is 0. The number of hydrogen-bond acceptors (Lipinski definition) is 2. The number of anilines is 2. The van der Waals surface area contributed by atoms with E-state index >= 15 is 0 Å². The van der Waals surface area contributed by atoms with Gasteiger partial charge < -0.3 is 5.32 Å². The number of benzene rings is 2. The fraction of sp³-hybridized carbons (Fsp3) is 0.500. The minimum Gasteiger partial charge on any atom is -0.356 e. The van der Waals surface area contributed by atoms with E-state index in [9.17, 15) is 0 Å². The maximum atomic E-state index is 3.59. The molecule has 2 aliphatic carbocycles. The zero-order chi connectivity index (χ0) is 17.7. The summed E-state index contributed by atoms with van der Waals surface area (Å²) in [6.45, 7) is 7.64. The molecule has 0 spiro atoms. The van der Waals surface area contributed by atoms with E-state index in [1.807, 2.05) is 0 Å². The van der Waals surface area contributed by atoms with E-state index in [0.29, 0.717) is 5.41 Å². The molecule has 0 aromatic heterocycles. The van der Waals surface area contributed by atoms with Gasteiger partial charge in [0.15, 0.2) is 0 Å². The molecule has 1 saturated heterocycles. The van der Waals surface area contributed by atoms with Gasteiger partial charge in [0.05, 0.1) is 0 Å². The molecule has 1 heterocycles. The Labute approximate surface area is 157 Å². The molecule has 3 aliphatic rings. The van der Waals surface area contributed by atoms with Gasteiger partial charge in [0.1, 0.15) is 0 Å². The summed E-state index contributed by atoms with van der Waals surface area (Å²) in [5, 5.41) is 3.59. The molecule has 136 valence electrons. The first kappa shape index (κ1) is 16.4. The number of likely N-dealkylation sites (tertiary alicyclic amines) is 1. The quantitative estimate of drug-likeness (QED) is 0.801. The van der Waals surface area contributed by atoms with E-state index in [2.05, 4.69) is 72.6 Å². The lowest BCUT2D eigenvalue weighted by atomic mass is 9.59.